The molecule has 0 aliphatic heterocycles. The summed E-state index contributed by atoms with van der Waals surface area (Å²) in [6.07, 6.45) is 3.81. The van der Waals surface area contributed by atoms with Gasteiger partial charge in [-0.15, -0.1) is 0 Å². The second kappa shape index (κ2) is 6.95. The first kappa shape index (κ1) is 12.6. The van der Waals surface area contributed by atoms with Gasteiger partial charge < -0.3 is 5.11 Å². The van der Waals surface area contributed by atoms with Gasteiger partial charge in [-0.05, 0) is 25.1 Å². The molecule has 16 heavy (non-hydrogen) atoms. The summed E-state index contributed by atoms with van der Waals surface area (Å²) in [5.74, 6) is -0.785. The molecule has 1 heterocycles. The minimum Gasteiger partial charge on any atom is -0.480 e. The number of hydrogen-bond donors (Lipinski definition) is 1. The van der Waals surface area contributed by atoms with Crippen molar-refractivity contribution in [3.63, 3.8) is 0 Å². The van der Waals surface area contributed by atoms with E-state index in [-0.39, 0.29) is 6.54 Å². The van der Waals surface area contributed by atoms with Crippen LogP contribution in [0, 0.1) is 0 Å². The van der Waals surface area contributed by atoms with E-state index in [2.05, 4.69) is 11.9 Å². The van der Waals surface area contributed by atoms with Gasteiger partial charge >= 0.3 is 5.97 Å². The molecule has 0 aliphatic rings. The van der Waals surface area contributed by atoms with Crippen molar-refractivity contribution >= 4 is 5.97 Å². The van der Waals surface area contributed by atoms with Crippen molar-refractivity contribution in [2.45, 2.75) is 26.3 Å². The maximum absolute atomic E-state index is 10.7. The molecule has 0 aromatic carbocycles. The van der Waals surface area contributed by atoms with Crippen molar-refractivity contribution in [1.29, 1.82) is 0 Å². The topological polar surface area (TPSA) is 53.4 Å². The molecule has 1 aromatic heterocycles. The third kappa shape index (κ3) is 4.89. The zero-order chi connectivity index (χ0) is 11.8. The van der Waals surface area contributed by atoms with Crippen molar-refractivity contribution in [2.75, 3.05) is 13.1 Å². The van der Waals surface area contributed by atoms with E-state index < -0.39 is 5.97 Å². The van der Waals surface area contributed by atoms with Crippen molar-refractivity contribution in [2.24, 2.45) is 0 Å². The number of aromatic nitrogens is 1. The molecular formula is C12H18N2O2. The lowest BCUT2D eigenvalue weighted by Crippen LogP contribution is -2.30. The number of carbonyl (C=O) groups is 1. The Morgan fingerprint density at radius 3 is 2.88 bits per heavy atom. The standard InChI is InChI=1S/C12H18N2O2/c1-2-3-8-14(10-12(15)16)9-11-6-4-5-7-13-11/h4-7H,2-3,8-10H2,1H3,(H,15,16). The van der Waals surface area contributed by atoms with Gasteiger partial charge in [-0.2, -0.15) is 0 Å². The first-order valence-electron chi connectivity index (χ1n) is 5.56. The quantitative estimate of drug-likeness (QED) is 0.764. The number of pyridine rings is 1. The Morgan fingerprint density at radius 1 is 1.50 bits per heavy atom. The monoisotopic (exact) mass is 222 g/mol. The van der Waals surface area contributed by atoms with E-state index in [0.717, 1.165) is 25.1 Å². The summed E-state index contributed by atoms with van der Waals surface area (Å²) in [5, 5.41) is 8.80. The van der Waals surface area contributed by atoms with Crippen LogP contribution in [-0.2, 0) is 11.3 Å². The summed E-state index contributed by atoms with van der Waals surface area (Å²) >= 11 is 0. The number of nitrogens with zero attached hydrogens (tertiary/aromatic N) is 2. The molecule has 0 amide bonds. The summed E-state index contributed by atoms with van der Waals surface area (Å²) < 4.78 is 0. The Hall–Kier alpha value is -1.42. The van der Waals surface area contributed by atoms with Gasteiger partial charge in [0, 0.05) is 12.7 Å². The van der Waals surface area contributed by atoms with E-state index in [1.807, 2.05) is 23.1 Å². The summed E-state index contributed by atoms with van der Waals surface area (Å²) in [6, 6.07) is 5.69. The van der Waals surface area contributed by atoms with Gasteiger partial charge in [-0.25, -0.2) is 0 Å². The van der Waals surface area contributed by atoms with Gasteiger partial charge in [0.05, 0.1) is 12.2 Å². The molecule has 4 nitrogen and oxygen atoms in total. The van der Waals surface area contributed by atoms with Gasteiger partial charge in [-0.3, -0.25) is 14.7 Å². The van der Waals surface area contributed by atoms with E-state index in [4.69, 9.17) is 5.11 Å². The Morgan fingerprint density at radius 2 is 2.31 bits per heavy atom. The third-order valence-electron chi connectivity index (χ3n) is 2.30. The second-order valence-corrected chi connectivity index (χ2v) is 3.78. The number of unbranched alkanes of at least 4 members (excludes halogenated alkanes) is 1. The lowest BCUT2D eigenvalue weighted by atomic mass is 10.3. The summed E-state index contributed by atoms with van der Waals surface area (Å²) in [7, 11) is 0. The van der Waals surface area contributed by atoms with Crippen LogP contribution in [0.1, 0.15) is 25.5 Å². The summed E-state index contributed by atoms with van der Waals surface area (Å²) in [4.78, 5) is 16.8. The second-order valence-electron chi connectivity index (χ2n) is 3.78. The number of aliphatic carboxylic acids is 1. The molecule has 0 atom stereocenters. The minimum atomic E-state index is -0.785. The first-order chi connectivity index (χ1) is 7.72. The van der Waals surface area contributed by atoms with Crippen molar-refractivity contribution in [3.8, 4) is 0 Å². The fourth-order valence-corrected chi connectivity index (χ4v) is 1.51. The number of hydrogen-bond acceptors (Lipinski definition) is 3. The van der Waals surface area contributed by atoms with Gasteiger partial charge in [0.1, 0.15) is 0 Å². The Balaban J connectivity index is 2.52. The molecule has 0 bridgehead atoms. The molecule has 1 aromatic rings. The van der Waals surface area contributed by atoms with Crippen LogP contribution >= 0.6 is 0 Å². The zero-order valence-corrected chi connectivity index (χ0v) is 9.59. The van der Waals surface area contributed by atoms with Crippen molar-refractivity contribution in [1.82, 2.24) is 9.88 Å². The highest BCUT2D eigenvalue weighted by molar-refractivity contribution is 5.69. The lowest BCUT2D eigenvalue weighted by Gasteiger charge is -2.19. The van der Waals surface area contributed by atoms with Crippen LogP contribution in [0.3, 0.4) is 0 Å². The smallest absolute Gasteiger partial charge is 0.317 e. The maximum atomic E-state index is 10.7. The van der Waals surface area contributed by atoms with E-state index in [1.165, 1.54) is 0 Å². The Kier molecular flexibility index (Phi) is 5.50. The summed E-state index contributed by atoms with van der Waals surface area (Å²) in [6.45, 7) is 3.59. The Bertz CT molecular complexity index is 314. The molecule has 0 radical (unpaired) electrons. The molecule has 0 saturated carbocycles. The van der Waals surface area contributed by atoms with Crippen molar-refractivity contribution in [3.05, 3.63) is 30.1 Å². The molecule has 0 spiro atoms. The van der Waals surface area contributed by atoms with Crippen LogP contribution in [0.2, 0.25) is 0 Å². The average molecular weight is 222 g/mol. The van der Waals surface area contributed by atoms with E-state index in [0.29, 0.717) is 6.54 Å². The highest BCUT2D eigenvalue weighted by Gasteiger charge is 2.09. The molecule has 1 N–H and O–H groups in total. The Labute approximate surface area is 95.9 Å². The van der Waals surface area contributed by atoms with Gasteiger partial charge in [-0.1, -0.05) is 19.4 Å². The van der Waals surface area contributed by atoms with Crippen LogP contribution < -0.4 is 0 Å². The van der Waals surface area contributed by atoms with Gasteiger partial charge in [0.15, 0.2) is 0 Å². The molecule has 0 fully saturated rings. The third-order valence-corrected chi connectivity index (χ3v) is 2.30. The number of carboxylic acid groups (broad SMARTS) is 1. The molecule has 88 valence electrons. The maximum Gasteiger partial charge on any atom is 0.317 e. The molecule has 0 aliphatic carbocycles. The lowest BCUT2D eigenvalue weighted by molar-refractivity contribution is -0.138. The minimum absolute atomic E-state index is 0.0799. The van der Waals surface area contributed by atoms with Gasteiger partial charge in [0.25, 0.3) is 0 Å². The molecular weight excluding hydrogens is 204 g/mol. The number of carboxylic acids is 1. The van der Waals surface area contributed by atoms with Crippen LogP contribution in [-0.4, -0.2) is 34.0 Å². The summed E-state index contributed by atoms with van der Waals surface area (Å²) in [5.41, 5.74) is 0.917. The molecule has 1 rings (SSSR count). The van der Waals surface area contributed by atoms with E-state index in [1.54, 1.807) is 6.20 Å². The highest BCUT2D eigenvalue weighted by Crippen LogP contribution is 2.02. The SMILES string of the molecule is CCCCN(CC(=O)O)Cc1ccccn1. The normalized spacial score (nSPS) is 10.6. The first-order valence-corrected chi connectivity index (χ1v) is 5.56. The van der Waals surface area contributed by atoms with Crippen LogP contribution in [0.15, 0.2) is 24.4 Å². The van der Waals surface area contributed by atoms with Crippen LogP contribution in [0.5, 0.6) is 0 Å². The van der Waals surface area contributed by atoms with E-state index in [9.17, 15) is 4.79 Å². The predicted molar refractivity (Wildman–Crippen MR) is 62.1 cm³/mol. The predicted octanol–water partition coefficient (Wildman–Crippen LogP) is 1.77. The van der Waals surface area contributed by atoms with Crippen LogP contribution in [0.25, 0.3) is 0 Å². The fraction of sp³-hybridized carbons (Fsp3) is 0.500. The average Bonchev–Trinajstić information content (AvgIpc) is 2.26. The van der Waals surface area contributed by atoms with Crippen LogP contribution in [0.4, 0.5) is 0 Å². The molecule has 4 heteroatoms. The molecule has 0 unspecified atom stereocenters. The van der Waals surface area contributed by atoms with E-state index >= 15 is 0 Å². The highest BCUT2D eigenvalue weighted by atomic mass is 16.4. The van der Waals surface area contributed by atoms with Crippen molar-refractivity contribution < 1.29 is 9.90 Å². The zero-order valence-electron chi connectivity index (χ0n) is 9.59. The fourth-order valence-electron chi connectivity index (χ4n) is 1.51. The number of rotatable bonds is 7. The molecule has 0 saturated heterocycles. The van der Waals surface area contributed by atoms with Gasteiger partial charge in [0.2, 0.25) is 0 Å². The largest absolute Gasteiger partial charge is 0.480 e.